The van der Waals surface area contributed by atoms with Gasteiger partial charge in [-0.2, -0.15) is 0 Å². The van der Waals surface area contributed by atoms with E-state index in [1.807, 2.05) is 0 Å². The van der Waals surface area contributed by atoms with Crippen molar-refractivity contribution in [3.63, 3.8) is 0 Å². The lowest BCUT2D eigenvalue weighted by Gasteiger charge is -2.04. The third-order valence-electron chi connectivity index (χ3n) is 1.97. The molecule has 2 nitrogen and oxygen atoms in total. The van der Waals surface area contributed by atoms with Crippen molar-refractivity contribution in [3.05, 3.63) is 34.1 Å². The average Bonchev–Trinajstić information content (AvgIpc) is 2.25. The van der Waals surface area contributed by atoms with Crippen molar-refractivity contribution in [3.8, 4) is 12.3 Å². The van der Waals surface area contributed by atoms with Gasteiger partial charge in [-0.05, 0) is 27.6 Å². The number of Topliss-reactive ketones (excluding diaryl/α,β-unsaturated/α-hetero) is 1. The smallest absolute Gasteiger partial charge is 0.151 e. The SMILES string of the molecule is C#CCNCC(=O)Cc1cccc(F)c1Br. The Hall–Kier alpha value is -1.18. The summed E-state index contributed by atoms with van der Waals surface area (Å²) in [6.45, 7) is 0.559. The molecule has 0 saturated heterocycles. The Balaban J connectivity index is 2.57. The summed E-state index contributed by atoms with van der Waals surface area (Å²) in [6, 6.07) is 4.64. The predicted octanol–water partition coefficient (Wildman–Crippen LogP) is 1.92. The quantitative estimate of drug-likeness (QED) is 0.661. The second-order valence-corrected chi connectivity index (χ2v) is 4.03. The fraction of sp³-hybridized carbons (Fsp3) is 0.250. The van der Waals surface area contributed by atoms with Crippen LogP contribution >= 0.6 is 15.9 Å². The summed E-state index contributed by atoms with van der Waals surface area (Å²) in [5, 5.41) is 2.79. The molecule has 4 heteroatoms. The number of hydrogen-bond donors (Lipinski definition) is 1. The minimum absolute atomic E-state index is 0.0263. The maximum atomic E-state index is 13.1. The van der Waals surface area contributed by atoms with Crippen molar-refractivity contribution in [1.29, 1.82) is 0 Å². The van der Waals surface area contributed by atoms with E-state index in [2.05, 4.69) is 27.2 Å². The number of halogens is 2. The first kappa shape index (κ1) is 12.9. The molecule has 0 saturated carbocycles. The van der Waals surface area contributed by atoms with Gasteiger partial charge in [-0.15, -0.1) is 6.42 Å². The normalized spacial score (nSPS) is 9.81. The molecule has 0 aliphatic heterocycles. The van der Waals surface area contributed by atoms with Crippen LogP contribution in [0.25, 0.3) is 0 Å². The zero-order chi connectivity index (χ0) is 12.0. The minimum atomic E-state index is -0.359. The van der Waals surface area contributed by atoms with Gasteiger partial charge in [-0.1, -0.05) is 18.1 Å². The van der Waals surface area contributed by atoms with Crippen LogP contribution in [-0.4, -0.2) is 18.9 Å². The van der Waals surface area contributed by atoms with E-state index in [1.54, 1.807) is 12.1 Å². The zero-order valence-corrected chi connectivity index (χ0v) is 10.2. The molecule has 0 radical (unpaired) electrons. The van der Waals surface area contributed by atoms with Crippen LogP contribution in [0.4, 0.5) is 4.39 Å². The second kappa shape index (κ2) is 6.41. The summed E-state index contributed by atoms with van der Waals surface area (Å²) in [6.07, 6.45) is 5.22. The highest BCUT2D eigenvalue weighted by Gasteiger charge is 2.09. The van der Waals surface area contributed by atoms with Crippen LogP contribution in [0.2, 0.25) is 0 Å². The third kappa shape index (κ3) is 3.76. The van der Waals surface area contributed by atoms with Crippen LogP contribution in [0.15, 0.2) is 22.7 Å². The van der Waals surface area contributed by atoms with E-state index in [0.717, 1.165) is 0 Å². The van der Waals surface area contributed by atoms with Gasteiger partial charge in [0, 0.05) is 6.42 Å². The standard InChI is InChI=1S/C12H11BrFNO/c1-2-6-15-8-10(16)7-9-4-3-5-11(14)12(9)13/h1,3-5,15H,6-8H2. The number of terminal acetylenes is 1. The molecule has 1 aromatic rings. The Morgan fingerprint density at radius 3 is 3.00 bits per heavy atom. The van der Waals surface area contributed by atoms with Gasteiger partial charge in [0.05, 0.1) is 17.6 Å². The number of rotatable bonds is 5. The van der Waals surface area contributed by atoms with Crippen LogP contribution in [0.5, 0.6) is 0 Å². The molecule has 0 bridgehead atoms. The summed E-state index contributed by atoms with van der Waals surface area (Å²) < 4.78 is 13.5. The first-order valence-corrected chi connectivity index (χ1v) is 5.53. The molecule has 1 N–H and O–H groups in total. The Kier molecular flexibility index (Phi) is 5.17. The van der Waals surface area contributed by atoms with Gasteiger partial charge in [-0.3, -0.25) is 10.1 Å². The summed E-state index contributed by atoms with van der Waals surface area (Å²) >= 11 is 3.11. The van der Waals surface area contributed by atoms with E-state index >= 15 is 0 Å². The molecule has 0 spiro atoms. The molecule has 0 aromatic heterocycles. The highest BCUT2D eigenvalue weighted by molar-refractivity contribution is 9.10. The molecule has 0 atom stereocenters. The lowest BCUT2D eigenvalue weighted by molar-refractivity contribution is -0.117. The van der Waals surface area contributed by atoms with Crippen molar-refractivity contribution < 1.29 is 9.18 Å². The van der Waals surface area contributed by atoms with Crippen LogP contribution < -0.4 is 5.32 Å². The van der Waals surface area contributed by atoms with Crippen molar-refractivity contribution in [2.45, 2.75) is 6.42 Å². The van der Waals surface area contributed by atoms with Crippen LogP contribution in [0, 0.1) is 18.2 Å². The fourth-order valence-electron chi connectivity index (χ4n) is 1.23. The van der Waals surface area contributed by atoms with Crippen LogP contribution in [0.1, 0.15) is 5.56 Å². The molecular formula is C12H11BrFNO. The van der Waals surface area contributed by atoms with Crippen molar-refractivity contribution in [2.75, 3.05) is 13.1 Å². The van der Waals surface area contributed by atoms with Gasteiger partial charge in [-0.25, -0.2) is 4.39 Å². The fourth-order valence-corrected chi connectivity index (χ4v) is 1.64. The Morgan fingerprint density at radius 1 is 1.56 bits per heavy atom. The number of carbonyl (C=O) groups is 1. The number of nitrogens with one attached hydrogen (secondary N) is 1. The highest BCUT2D eigenvalue weighted by Crippen LogP contribution is 2.20. The van der Waals surface area contributed by atoms with Gasteiger partial charge in [0.1, 0.15) is 5.82 Å². The number of carbonyl (C=O) groups excluding carboxylic acids is 1. The van der Waals surface area contributed by atoms with E-state index in [4.69, 9.17) is 6.42 Å². The van der Waals surface area contributed by atoms with Crippen LogP contribution in [0.3, 0.4) is 0 Å². The molecule has 0 fully saturated rings. The topological polar surface area (TPSA) is 29.1 Å². The summed E-state index contributed by atoms with van der Waals surface area (Å²) in [7, 11) is 0. The highest BCUT2D eigenvalue weighted by atomic mass is 79.9. The van der Waals surface area contributed by atoms with Gasteiger partial charge in [0.2, 0.25) is 0 Å². The van der Waals surface area contributed by atoms with Gasteiger partial charge in [0.25, 0.3) is 0 Å². The first-order valence-electron chi connectivity index (χ1n) is 4.74. The zero-order valence-electron chi connectivity index (χ0n) is 8.59. The molecular weight excluding hydrogens is 273 g/mol. The molecule has 0 unspecified atom stereocenters. The third-order valence-corrected chi connectivity index (χ3v) is 2.86. The van der Waals surface area contributed by atoms with E-state index < -0.39 is 0 Å². The molecule has 0 heterocycles. The summed E-state index contributed by atoms with van der Waals surface area (Å²) in [5.41, 5.74) is 0.646. The Morgan fingerprint density at radius 2 is 2.31 bits per heavy atom. The molecule has 1 aromatic carbocycles. The largest absolute Gasteiger partial charge is 0.299 e. The molecule has 0 amide bonds. The van der Waals surface area contributed by atoms with E-state index in [9.17, 15) is 9.18 Å². The summed E-state index contributed by atoms with van der Waals surface area (Å²) in [4.78, 5) is 11.5. The van der Waals surface area contributed by atoms with Gasteiger partial charge >= 0.3 is 0 Å². The van der Waals surface area contributed by atoms with Gasteiger partial charge < -0.3 is 0 Å². The van der Waals surface area contributed by atoms with E-state index in [-0.39, 0.29) is 24.6 Å². The lowest BCUT2D eigenvalue weighted by Crippen LogP contribution is -2.24. The van der Waals surface area contributed by atoms with Gasteiger partial charge in [0.15, 0.2) is 5.78 Å². The average molecular weight is 284 g/mol. The monoisotopic (exact) mass is 283 g/mol. The Bertz CT molecular complexity index is 426. The first-order chi connectivity index (χ1) is 7.65. The minimum Gasteiger partial charge on any atom is -0.299 e. The van der Waals surface area contributed by atoms with Crippen molar-refractivity contribution >= 4 is 21.7 Å². The molecule has 16 heavy (non-hydrogen) atoms. The summed E-state index contributed by atoms with van der Waals surface area (Å²) in [5.74, 6) is 1.99. The van der Waals surface area contributed by atoms with E-state index in [0.29, 0.717) is 16.6 Å². The van der Waals surface area contributed by atoms with E-state index in [1.165, 1.54) is 6.07 Å². The predicted molar refractivity (Wildman–Crippen MR) is 64.5 cm³/mol. The maximum absolute atomic E-state index is 13.1. The molecule has 0 aliphatic carbocycles. The molecule has 1 rings (SSSR count). The molecule has 84 valence electrons. The van der Waals surface area contributed by atoms with Crippen LogP contribution in [-0.2, 0) is 11.2 Å². The Labute approximate surface area is 102 Å². The molecule has 0 aliphatic rings. The lowest BCUT2D eigenvalue weighted by atomic mass is 10.1. The van der Waals surface area contributed by atoms with Crippen molar-refractivity contribution in [1.82, 2.24) is 5.32 Å². The number of ketones is 1. The number of benzene rings is 1. The number of hydrogen-bond acceptors (Lipinski definition) is 2. The second-order valence-electron chi connectivity index (χ2n) is 3.24. The van der Waals surface area contributed by atoms with Crippen molar-refractivity contribution in [2.24, 2.45) is 0 Å². The maximum Gasteiger partial charge on any atom is 0.151 e.